The van der Waals surface area contributed by atoms with Crippen molar-refractivity contribution in [2.24, 2.45) is 0 Å². The molecule has 0 N–H and O–H groups in total. The Labute approximate surface area is 268 Å². The molecule has 6 rings (SSSR count). The molecule has 0 radical (unpaired) electrons. The molecule has 0 aliphatic heterocycles. The van der Waals surface area contributed by atoms with Crippen LogP contribution >= 0.6 is 31.8 Å². The van der Waals surface area contributed by atoms with Crippen LogP contribution in [0.5, 0.6) is 0 Å². The van der Waals surface area contributed by atoms with Gasteiger partial charge in [-0.25, -0.2) is 0 Å². The summed E-state index contributed by atoms with van der Waals surface area (Å²) >= 11 is 3.02. The molecule has 0 atom stereocenters. The minimum absolute atomic E-state index is 0.864. The molecule has 0 aliphatic rings. The van der Waals surface area contributed by atoms with E-state index in [4.69, 9.17) is 9.05 Å². The van der Waals surface area contributed by atoms with E-state index in [0.717, 1.165) is 32.0 Å². The molecule has 6 heteroatoms. The van der Waals surface area contributed by atoms with E-state index in [1.165, 1.54) is 23.5 Å². The van der Waals surface area contributed by atoms with Crippen molar-refractivity contribution >= 4 is 31.8 Å². The minimum atomic E-state index is -3.22. The lowest BCUT2D eigenvalue weighted by Gasteiger charge is -2.37. The van der Waals surface area contributed by atoms with Crippen LogP contribution in [0.4, 0.5) is 0 Å². The van der Waals surface area contributed by atoms with E-state index < -0.39 is 18.1 Å². The Balaban J connectivity index is 1.49. The second-order valence-corrected chi connectivity index (χ2v) is 13.4. The van der Waals surface area contributed by atoms with Crippen LogP contribution in [-0.2, 0) is 23.5 Å². The van der Waals surface area contributed by atoms with Crippen molar-refractivity contribution in [3.05, 3.63) is 204 Å². The van der Waals surface area contributed by atoms with Gasteiger partial charge in [0.25, 0.3) is 0 Å². The fourth-order valence-electron chi connectivity index (χ4n) is 5.04. The normalized spacial score (nSPS) is 11.8. The summed E-state index contributed by atoms with van der Waals surface area (Å²) in [7, 11) is -3.22. The van der Waals surface area contributed by atoms with Crippen molar-refractivity contribution in [3.8, 4) is 0 Å². The van der Waals surface area contributed by atoms with Crippen LogP contribution < -0.4 is 0 Å². The first-order valence-corrected chi connectivity index (χ1v) is 17.2. The standard InChI is InChI=1S/C38H31O3PS2/c39-42(40-37(31-19-7-1-8-20-31,32-21-9-2-10-22-32)43-35-27-15-5-16-28-35)41-38(33-23-11-3-12-24-33,34-25-13-4-14-26-34)44-36-29-17-6-18-30-36/h1-30,42H. The lowest BCUT2D eigenvalue weighted by Crippen LogP contribution is -2.29. The Morgan fingerprint density at radius 3 is 0.841 bits per heavy atom. The largest absolute Gasteiger partial charge is 0.323 e. The number of hydrogen-bond donors (Lipinski definition) is 0. The third kappa shape index (κ3) is 6.78. The van der Waals surface area contributed by atoms with Gasteiger partial charge >= 0.3 is 8.25 Å². The average molecular weight is 631 g/mol. The zero-order valence-electron chi connectivity index (χ0n) is 23.9. The smallest absolute Gasteiger partial charge is 0.283 e. The first-order chi connectivity index (χ1) is 21.7. The monoisotopic (exact) mass is 630 g/mol. The topological polar surface area (TPSA) is 35.5 Å². The van der Waals surface area contributed by atoms with E-state index in [9.17, 15) is 4.57 Å². The van der Waals surface area contributed by atoms with Crippen LogP contribution in [0.2, 0.25) is 0 Å². The number of hydrogen-bond acceptors (Lipinski definition) is 5. The summed E-state index contributed by atoms with van der Waals surface area (Å²) < 4.78 is 28.3. The van der Waals surface area contributed by atoms with Gasteiger partial charge in [0, 0.05) is 9.79 Å². The Morgan fingerprint density at radius 1 is 0.364 bits per heavy atom. The molecule has 0 fully saturated rings. The van der Waals surface area contributed by atoms with Gasteiger partial charge in [-0.15, -0.1) is 0 Å². The highest BCUT2D eigenvalue weighted by Crippen LogP contribution is 2.58. The van der Waals surface area contributed by atoms with Gasteiger partial charge in [0.15, 0.2) is 9.87 Å². The predicted octanol–water partition coefficient (Wildman–Crippen LogP) is 10.8. The highest BCUT2D eigenvalue weighted by Gasteiger charge is 2.44. The molecule has 0 saturated carbocycles. The Hall–Kier alpha value is -3.83. The van der Waals surface area contributed by atoms with Crippen molar-refractivity contribution in [3.63, 3.8) is 0 Å². The molecule has 218 valence electrons. The van der Waals surface area contributed by atoms with E-state index in [0.29, 0.717) is 0 Å². The Morgan fingerprint density at radius 2 is 0.591 bits per heavy atom. The van der Waals surface area contributed by atoms with Crippen molar-refractivity contribution in [2.75, 3.05) is 0 Å². The number of rotatable bonds is 12. The van der Waals surface area contributed by atoms with Crippen molar-refractivity contribution < 1.29 is 13.6 Å². The molecule has 0 aliphatic carbocycles. The summed E-state index contributed by atoms with van der Waals surface area (Å²) in [5, 5.41) is 0. The molecule has 0 saturated heterocycles. The highest BCUT2D eigenvalue weighted by molar-refractivity contribution is 8.00. The maximum Gasteiger partial charge on any atom is 0.323 e. The van der Waals surface area contributed by atoms with Crippen LogP contribution in [0.3, 0.4) is 0 Å². The fourth-order valence-corrected chi connectivity index (χ4v) is 9.03. The first kappa shape index (κ1) is 30.2. The first-order valence-electron chi connectivity index (χ1n) is 14.3. The van der Waals surface area contributed by atoms with Gasteiger partial charge in [-0.2, -0.15) is 0 Å². The van der Waals surface area contributed by atoms with Crippen molar-refractivity contribution in [2.45, 2.75) is 19.7 Å². The lowest BCUT2D eigenvalue weighted by atomic mass is 10.0. The van der Waals surface area contributed by atoms with Crippen molar-refractivity contribution in [1.82, 2.24) is 0 Å². The molecule has 0 spiro atoms. The molecule has 3 nitrogen and oxygen atoms in total. The van der Waals surface area contributed by atoms with Crippen LogP contribution in [0.25, 0.3) is 0 Å². The van der Waals surface area contributed by atoms with Gasteiger partial charge in [0.05, 0.1) is 0 Å². The summed E-state index contributed by atoms with van der Waals surface area (Å²) in [4.78, 5) is -0.357. The third-order valence-electron chi connectivity index (χ3n) is 7.08. The molecule has 6 aromatic rings. The van der Waals surface area contributed by atoms with Gasteiger partial charge < -0.3 is 0 Å². The molecular weight excluding hydrogens is 600 g/mol. The zero-order chi connectivity index (χ0) is 30.1. The van der Waals surface area contributed by atoms with Crippen LogP contribution in [0.15, 0.2) is 192 Å². The molecule has 6 aromatic carbocycles. The molecule has 0 amide bonds. The van der Waals surface area contributed by atoms with E-state index in [1.807, 2.05) is 182 Å². The highest BCUT2D eigenvalue weighted by atomic mass is 32.2. The van der Waals surface area contributed by atoms with Gasteiger partial charge in [0.2, 0.25) is 0 Å². The molecule has 0 unspecified atom stereocenters. The van der Waals surface area contributed by atoms with Gasteiger partial charge in [0.1, 0.15) is 0 Å². The maximum absolute atomic E-state index is 14.7. The second-order valence-electron chi connectivity index (χ2n) is 9.98. The van der Waals surface area contributed by atoms with E-state index in [-0.39, 0.29) is 0 Å². The third-order valence-corrected chi connectivity index (χ3v) is 11.0. The predicted molar refractivity (Wildman–Crippen MR) is 183 cm³/mol. The van der Waals surface area contributed by atoms with Crippen LogP contribution in [-0.4, -0.2) is 0 Å². The van der Waals surface area contributed by atoms with Gasteiger partial charge in [-0.1, -0.05) is 181 Å². The molecular formula is C38H31O3PS2. The molecule has 44 heavy (non-hydrogen) atoms. The average Bonchev–Trinajstić information content (AvgIpc) is 3.10. The fraction of sp³-hybridized carbons (Fsp3) is 0.0526. The SMILES string of the molecule is O=[PH](OC(Sc1ccccc1)(c1ccccc1)c1ccccc1)OC(Sc1ccccc1)(c1ccccc1)c1ccccc1. The number of thioether (sulfide) groups is 2. The molecule has 0 heterocycles. The second kappa shape index (κ2) is 14.3. The quantitative estimate of drug-likeness (QED) is 0.0764. The summed E-state index contributed by atoms with van der Waals surface area (Å²) in [6, 6.07) is 59.9. The number of benzene rings is 6. The van der Waals surface area contributed by atoms with E-state index >= 15 is 0 Å². The maximum atomic E-state index is 14.7. The molecule has 0 aromatic heterocycles. The van der Waals surface area contributed by atoms with Gasteiger partial charge in [-0.3, -0.25) is 13.6 Å². The van der Waals surface area contributed by atoms with Crippen molar-refractivity contribution in [1.29, 1.82) is 0 Å². The summed E-state index contributed by atoms with van der Waals surface area (Å²) in [6.07, 6.45) is 0. The zero-order valence-corrected chi connectivity index (χ0v) is 26.5. The Kier molecular flexibility index (Phi) is 9.82. The summed E-state index contributed by atoms with van der Waals surface area (Å²) in [6.45, 7) is 0. The van der Waals surface area contributed by atoms with Crippen LogP contribution in [0.1, 0.15) is 22.3 Å². The summed E-state index contributed by atoms with van der Waals surface area (Å²) in [5.41, 5.74) is 3.45. The Bertz CT molecular complexity index is 1550. The van der Waals surface area contributed by atoms with E-state index in [1.54, 1.807) is 0 Å². The van der Waals surface area contributed by atoms with Gasteiger partial charge in [-0.05, 0) is 46.5 Å². The molecule has 0 bridgehead atoms. The van der Waals surface area contributed by atoms with Crippen LogP contribution in [0, 0.1) is 0 Å². The summed E-state index contributed by atoms with van der Waals surface area (Å²) in [5.74, 6) is 0. The lowest BCUT2D eigenvalue weighted by molar-refractivity contribution is 0.130. The minimum Gasteiger partial charge on any atom is -0.283 e. The van der Waals surface area contributed by atoms with E-state index in [2.05, 4.69) is 0 Å².